The van der Waals surface area contributed by atoms with Crippen molar-refractivity contribution in [3.8, 4) is 0 Å². The van der Waals surface area contributed by atoms with Crippen LogP contribution in [0.1, 0.15) is 86.0 Å². The molecular weight excluding hydrogens is 368 g/mol. The molecule has 164 valence electrons. The molecule has 0 aromatic rings. The first kappa shape index (κ1) is 21.1. The molecule has 8 atom stereocenters. The summed E-state index contributed by atoms with van der Waals surface area (Å²) in [5.41, 5.74) is 0.0346. The zero-order chi connectivity index (χ0) is 21.2. The lowest BCUT2D eigenvalue weighted by Gasteiger charge is -2.68. The third kappa shape index (κ3) is 2.97. The van der Waals surface area contributed by atoms with Gasteiger partial charge in [0.1, 0.15) is 6.10 Å². The van der Waals surface area contributed by atoms with Gasteiger partial charge >= 0.3 is 11.9 Å². The van der Waals surface area contributed by atoms with Crippen LogP contribution in [0.3, 0.4) is 0 Å². The molecule has 4 aliphatic rings. The molecule has 0 aromatic carbocycles. The Kier molecular flexibility index (Phi) is 4.88. The summed E-state index contributed by atoms with van der Waals surface area (Å²) in [4.78, 5) is 23.3. The molecule has 5 heteroatoms. The van der Waals surface area contributed by atoms with E-state index >= 15 is 0 Å². The number of hydrogen-bond acceptors (Lipinski definition) is 5. The Balaban J connectivity index is 1.71. The summed E-state index contributed by atoms with van der Waals surface area (Å²) < 4.78 is 11.3. The smallest absolute Gasteiger partial charge is 0.302 e. The maximum atomic E-state index is 11.7. The van der Waals surface area contributed by atoms with E-state index in [1.165, 1.54) is 13.8 Å². The van der Waals surface area contributed by atoms with Gasteiger partial charge in [-0.15, -0.1) is 0 Å². The maximum Gasteiger partial charge on any atom is 0.302 e. The van der Waals surface area contributed by atoms with Gasteiger partial charge in [-0.05, 0) is 67.6 Å². The van der Waals surface area contributed by atoms with E-state index < -0.39 is 6.10 Å². The van der Waals surface area contributed by atoms with E-state index in [9.17, 15) is 14.7 Å². The summed E-state index contributed by atoms with van der Waals surface area (Å²) >= 11 is 0. The van der Waals surface area contributed by atoms with Crippen LogP contribution in [0.5, 0.6) is 0 Å². The summed E-state index contributed by atoms with van der Waals surface area (Å²) in [6.45, 7) is 10.3. The summed E-state index contributed by atoms with van der Waals surface area (Å²) in [7, 11) is 0. The highest BCUT2D eigenvalue weighted by Gasteiger charge is 2.72. The largest absolute Gasteiger partial charge is 0.465 e. The first-order chi connectivity index (χ1) is 13.5. The number of carbonyl (C=O) groups excluding carboxylic acids is 2. The van der Waals surface area contributed by atoms with Gasteiger partial charge in [-0.1, -0.05) is 27.2 Å². The second kappa shape index (κ2) is 6.70. The molecule has 0 heterocycles. The van der Waals surface area contributed by atoms with Crippen molar-refractivity contribution in [3.63, 3.8) is 0 Å². The molecule has 2 bridgehead atoms. The van der Waals surface area contributed by atoms with Gasteiger partial charge in [0.05, 0.1) is 12.7 Å². The summed E-state index contributed by atoms with van der Waals surface area (Å²) in [5.74, 6) is 0.0830. The molecule has 4 saturated carbocycles. The fraction of sp³-hybridized carbons (Fsp3) is 0.917. The van der Waals surface area contributed by atoms with E-state index in [2.05, 4.69) is 20.8 Å². The summed E-state index contributed by atoms with van der Waals surface area (Å²) in [6, 6.07) is 0. The average molecular weight is 407 g/mol. The molecule has 0 aromatic heterocycles. The SMILES string of the molecule is CC(=O)OC[C@]1(C)CCC[C@@]2(C)[C@H]1[C@H](O)CC1C[C@H](OC(C)=O)[C@]3(C)CC[C@]12C3. The van der Waals surface area contributed by atoms with Crippen molar-refractivity contribution in [1.29, 1.82) is 0 Å². The number of aliphatic hydroxyl groups is 1. The highest BCUT2D eigenvalue weighted by Crippen LogP contribution is 2.76. The third-order valence-electron chi connectivity index (χ3n) is 9.76. The lowest BCUT2D eigenvalue weighted by atomic mass is 9.37. The second-order valence-electron chi connectivity index (χ2n) is 11.5. The lowest BCUT2D eigenvalue weighted by molar-refractivity contribution is -0.239. The maximum absolute atomic E-state index is 11.7. The Morgan fingerprint density at radius 2 is 1.72 bits per heavy atom. The molecule has 4 aliphatic carbocycles. The molecule has 4 rings (SSSR count). The number of hydrogen-bond donors (Lipinski definition) is 1. The highest BCUT2D eigenvalue weighted by molar-refractivity contribution is 5.66. The van der Waals surface area contributed by atoms with Crippen LogP contribution in [0.2, 0.25) is 0 Å². The van der Waals surface area contributed by atoms with E-state index in [1.807, 2.05) is 0 Å². The molecule has 29 heavy (non-hydrogen) atoms. The molecule has 4 fully saturated rings. The number of esters is 2. The van der Waals surface area contributed by atoms with Crippen LogP contribution >= 0.6 is 0 Å². The van der Waals surface area contributed by atoms with Crippen molar-refractivity contribution >= 4 is 11.9 Å². The molecule has 0 radical (unpaired) electrons. The number of fused-ring (bicyclic) bond motifs is 2. The highest BCUT2D eigenvalue weighted by atomic mass is 16.5. The normalized spacial score (nSPS) is 51.0. The topological polar surface area (TPSA) is 72.8 Å². The van der Waals surface area contributed by atoms with Crippen molar-refractivity contribution in [2.45, 2.75) is 98.2 Å². The molecule has 0 saturated heterocycles. The predicted octanol–water partition coefficient (Wildman–Crippen LogP) is 4.26. The minimum atomic E-state index is -0.403. The van der Waals surface area contributed by atoms with E-state index in [-0.39, 0.29) is 45.6 Å². The van der Waals surface area contributed by atoms with E-state index in [0.29, 0.717) is 12.5 Å². The monoisotopic (exact) mass is 406 g/mol. The fourth-order valence-electron chi connectivity index (χ4n) is 8.71. The standard InChI is InChI=1S/C24H38O5/c1-15(25)28-14-22(4)7-6-8-23(5)20(22)18(27)11-17-12-19(29-16(2)26)21(3)9-10-24(17,23)13-21/h17-20,27H,6-14H2,1-5H3/t17?,18-,19+,20+,21-,22+,23+,24+/m1/s1. The minimum Gasteiger partial charge on any atom is -0.465 e. The van der Waals surface area contributed by atoms with Gasteiger partial charge in [0.25, 0.3) is 0 Å². The third-order valence-corrected chi connectivity index (χ3v) is 9.76. The molecule has 0 amide bonds. The van der Waals surface area contributed by atoms with Gasteiger partial charge in [0.15, 0.2) is 0 Å². The molecular formula is C24H38O5. The fourth-order valence-corrected chi connectivity index (χ4v) is 8.71. The molecule has 1 spiro atoms. The lowest BCUT2D eigenvalue weighted by Crippen LogP contribution is -2.65. The first-order valence-corrected chi connectivity index (χ1v) is 11.4. The van der Waals surface area contributed by atoms with Crippen molar-refractivity contribution in [3.05, 3.63) is 0 Å². The van der Waals surface area contributed by atoms with Crippen LogP contribution in [0.25, 0.3) is 0 Å². The molecule has 1 unspecified atom stereocenters. The number of carbonyl (C=O) groups is 2. The van der Waals surface area contributed by atoms with Crippen molar-refractivity contribution in [2.24, 2.45) is 33.5 Å². The Morgan fingerprint density at radius 1 is 1.00 bits per heavy atom. The second-order valence-corrected chi connectivity index (χ2v) is 11.5. The Hall–Kier alpha value is -1.10. The molecule has 1 N–H and O–H groups in total. The first-order valence-electron chi connectivity index (χ1n) is 11.4. The summed E-state index contributed by atoms with van der Waals surface area (Å²) in [6.07, 6.45) is 7.72. The van der Waals surface area contributed by atoms with Crippen LogP contribution in [0.4, 0.5) is 0 Å². The van der Waals surface area contributed by atoms with Gasteiger partial charge < -0.3 is 14.6 Å². The Labute approximate surface area is 174 Å². The van der Waals surface area contributed by atoms with Crippen molar-refractivity contribution < 1.29 is 24.2 Å². The number of ether oxygens (including phenoxy) is 2. The number of aliphatic hydroxyl groups excluding tert-OH is 1. The zero-order valence-corrected chi connectivity index (χ0v) is 18.8. The molecule has 5 nitrogen and oxygen atoms in total. The Bertz CT molecular complexity index is 705. The van der Waals surface area contributed by atoms with Gasteiger partial charge in [-0.2, -0.15) is 0 Å². The zero-order valence-electron chi connectivity index (χ0n) is 18.8. The summed E-state index contributed by atoms with van der Waals surface area (Å²) in [5, 5.41) is 11.4. The van der Waals surface area contributed by atoms with Crippen LogP contribution in [0, 0.1) is 33.5 Å². The van der Waals surface area contributed by atoms with Crippen molar-refractivity contribution in [1.82, 2.24) is 0 Å². The number of rotatable bonds is 3. The quantitative estimate of drug-likeness (QED) is 0.709. The van der Waals surface area contributed by atoms with E-state index in [4.69, 9.17) is 9.47 Å². The average Bonchev–Trinajstić information content (AvgIpc) is 2.93. The van der Waals surface area contributed by atoms with Crippen LogP contribution in [-0.4, -0.2) is 35.9 Å². The van der Waals surface area contributed by atoms with Crippen LogP contribution in [-0.2, 0) is 19.1 Å². The van der Waals surface area contributed by atoms with Gasteiger partial charge in [0, 0.05) is 24.7 Å². The van der Waals surface area contributed by atoms with Crippen LogP contribution < -0.4 is 0 Å². The van der Waals surface area contributed by atoms with E-state index in [0.717, 1.165) is 51.4 Å². The van der Waals surface area contributed by atoms with Crippen LogP contribution in [0.15, 0.2) is 0 Å². The van der Waals surface area contributed by atoms with Crippen molar-refractivity contribution in [2.75, 3.05) is 6.61 Å². The minimum absolute atomic E-state index is 0.0153. The van der Waals surface area contributed by atoms with Gasteiger partial charge in [-0.25, -0.2) is 0 Å². The van der Waals surface area contributed by atoms with E-state index in [1.54, 1.807) is 0 Å². The molecule has 0 aliphatic heterocycles. The Morgan fingerprint density at radius 3 is 2.38 bits per heavy atom. The van der Waals surface area contributed by atoms with Gasteiger partial charge in [-0.3, -0.25) is 9.59 Å². The van der Waals surface area contributed by atoms with Gasteiger partial charge in [0.2, 0.25) is 0 Å². The predicted molar refractivity (Wildman–Crippen MR) is 109 cm³/mol.